The number of aromatic hydroxyl groups is 1. The molecule has 0 bridgehead atoms. The molecule has 2 rings (SSSR count). The molecule has 3 heteroatoms. The second-order valence-electron chi connectivity index (χ2n) is 5.28. The molecule has 3 nitrogen and oxygen atoms in total. The van der Waals surface area contributed by atoms with E-state index in [0.29, 0.717) is 13.2 Å². The molecular formula is C18H23NO2. The molecular weight excluding hydrogens is 262 g/mol. The Labute approximate surface area is 126 Å². The lowest BCUT2D eigenvalue weighted by Crippen LogP contribution is -2.17. The van der Waals surface area contributed by atoms with Gasteiger partial charge >= 0.3 is 0 Å². The lowest BCUT2D eigenvalue weighted by molar-refractivity contribution is 0.315. The van der Waals surface area contributed by atoms with Crippen LogP contribution in [-0.2, 0) is 6.54 Å². The number of rotatable bonds is 6. The van der Waals surface area contributed by atoms with Crippen LogP contribution < -0.4 is 9.64 Å². The Bertz CT molecular complexity index is 596. The number of phenolic OH excluding ortho intramolecular Hbond substituents is 1. The summed E-state index contributed by atoms with van der Waals surface area (Å²) in [4.78, 5) is 2.14. The fourth-order valence-electron chi connectivity index (χ4n) is 2.32. The summed E-state index contributed by atoms with van der Waals surface area (Å²) in [5.74, 6) is 1.00. The summed E-state index contributed by atoms with van der Waals surface area (Å²) >= 11 is 0. The number of benzene rings is 2. The molecule has 2 aromatic rings. The van der Waals surface area contributed by atoms with Crippen molar-refractivity contribution in [2.24, 2.45) is 0 Å². The second kappa shape index (κ2) is 7.02. The Balaban J connectivity index is 2.11. The van der Waals surface area contributed by atoms with Gasteiger partial charge in [0.25, 0.3) is 0 Å². The Kier molecular flexibility index (Phi) is 5.09. The van der Waals surface area contributed by atoms with Gasteiger partial charge in [-0.3, -0.25) is 0 Å². The zero-order valence-electron chi connectivity index (χ0n) is 13.0. The predicted molar refractivity (Wildman–Crippen MR) is 87.2 cm³/mol. The average molecular weight is 285 g/mol. The molecule has 0 unspecified atom stereocenters. The Morgan fingerprint density at radius 2 is 1.90 bits per heavy atom. The van der Waals surface area contributed by atoms with E-state index < -0.39 is 0 Å². The maximum absolute atomic E-state index is 10.1. The van der Waals surface area contributed by atoms with E-state index in [1.54, 1.807) is 6.07 Å². The minimum atomic E-state index is 0.282. The van der Waals surface area contributed by atoms with E-state index in [9.17, 15) is 5.11 Å². The van der Waals surface area contributed by atoms with Crippen LogP contribution in [0.15, 0.2) is 42.5 Å². The molecule has 0 fully saturated rings. The quantitative estimate of drug-likeness (QED) is 0.866. The van der Waals surface area contributed by atoms with Gasteiger partial charge in [0.15, 0.2) is 0 Å². The lowest BCUT2D eigenvalue weighted by Gasteiger charge is -2.22. The Morgan fingerprint density at radius 3 is 2.57 bits per heavy atom. The number of phenols is 1. The molecule has 0 aliphatic heterocycles. The van der Waals surface area contributed by atoms with Gasteiger partial charge in [-0.25, -0.2) is 0 Å². The summed E-state index contributed by atoms with van der Waals surface area (Å²) in [6, 6.07) is 13.8. The van der Waals surface area contributed by atoms with Gasteiger partial charge in [-0.15, -0.1) is 0 Å². The summed E-state index contributed by atoms with van der Waals surface area (Å²) in [6.45, 7) is 5.48. The van der Waals surface area contributed by atoms with Crippen LogP contribution in [0.25, 0.3) is 0 Å². The van der Waals surface area contributed by atoms with Crippen LogP contribution in [0.5, 0.6) is 11.5 Å². The number of nitrogens with zero attached hydrogens (tertiary/aromatic N) is 1. The molecule has 2 aromatic carbocycles. The Morgan fingerprint density at radius 1 is 1.14 bits per heavy atom. The average Bonchev–Trinajstić information content (AvgIpc) is 2.48. The molecule has 0 aliphatic carbocycles. The van der Waals surface area contributed by atoms with E-state index in [2.05, 4.69) is 30.9 Å². The van der Waals surface area contributed by atoms with E-state index in [4.69, 9.17) is 4.74 Å². The minimum absolute atomic E-state index is 0.282. The first-order valence-corrected chi connectivity index (χ1v) is 7.33. The molecule has 0 heterocycles. The number of ether oxygens (including phenoxy) is 1. The van der Waals surface area contributed by atoms with Gasteiger partial charge in [0.05, 0.1) is 6.61 Å². The molecule has 0 aromatic heterocycles. The van der Waals surface area contributed by atoms with Crippen LogP contribution in [0.2, 0.25) is 0 Å². The van der Waals surface area contributed by atoms with Crippen LogP contribution in [0.3, 0.4) is 0 Å². The van der Waals surface area contributed by atoms with Crippen molar-refractivity contribution in [2.45, 2.75) is 26.8 Å². The van der Waals surface area contributed by atoms with Gasteiger partial charge in [0.2, 0.25) is 0 Å². The zero-order valence-corrected chi connectivity index (χ0v) is 13.0. The van der Waals surface area contributed by atoms with Gasteiger partial charge in [-0.2, -0.15) is 0 Å². The van der Waals surface area contributed by atoms with Crippen LogP contribution in [0, 0.1) is 6.92 Å². The van der Waals surface area contributed by atoms with E-state index in [1.165, 1.54) is 11.3 Å². The summed E-state index contributed by atoms with van der Waals surface area (Å²) in [5.41, 5.74) is 3.29. The fourth-order valence-corrected chi connectivity index (χ4v) is 2.32. The van der Waals surface area contributed by atoms with Crippen molar-refractivity contribution in [1.82, 2.24) is 0 Å². The smallest absolute Gasteiger partial charge is 0.124 e. The topological polar surface area (TPSA) is 32.7 Å². The lowest BCUT2D eigenvalue weighted by atomic mass is 10.1. The summed E-state index contributed by atoms with van der Waals surface area (Å²) in [6.07, 6.45) is 0.957. The minimum Gasteiger partial charge on any atom is -0.507 e. The third-order valence-corrected chi connectivity index (χ3v) is 3.46. The first-order chi connectivity index (χ1) is 10.1. The van der Waals surface area contributed by atoms with E-state index in [1.807, 2.05) is 31.3 Å². The molecule has 1 N–H and O–H groups in total. The number of para-hydroxylation sites is 1. The van der Waals surface area contributed by atoms with Crippen LogP contribution >= 0.6 is 0 Å². The highest BCUT2D eigenvalue weighted by Crippen LogP contribution is 2.27. The first-order valence-electron chi connectivity index (χ1n) is 7.33. The number of aryl methyl sites for hydroxylation is 1. The van der Waals surface area contributed by atoms with Crippen molar-refractivity contribution in [3.05, 3.63) is 53.6 Å². The largest absolute Gasteiger partial charge is 0.507 e. The van der Waals surface area contributed by atoms with Crippen molar-refractivity contribution in [2.75, 3.05) is 18.6 Å². The van der Waals surface area contributed by atoms with Gasteiger partial charge < -0.3 is 14.7 Å². The highest BCUT2D eigenvalue weighted by Gasteiger charge is 2.09. The molecule has 0 radical (unpaired) electrons. The third-order valence-electron chi connectivity index (χ3n) is 3.46. The Hall–Kier alpha value is -2.16. The number of anilines is 1. The maximum atomic E-state index is 10.1. The summed E-state index contributed by atoms with van der Waals surface area (Å²) in [5, 5.41) is 10.1. The van der Waals surface area contributed by atoms with Crippen molar-refractivity contribution >= 4 is 5.69 Å². The van der Waals surface area contributed by atoms with Crippen LogP contribution in [-0.4, -0.2) is 18.8 Å². The number of hydrogen-bond donors (Lipinski definition) is 1. The molecule has 0 amide bonds. The molecule has 0 saturated heterocycles. The highest BCUT2D eigenvalue weighted by atomic mass is 16.5. The van der Waals surface area contributed by atoms with Gasteiger partial charge in [0.1, 0.15) is 11.5 Å². The van der Waals surface area contributed by atoms with Gasteiger partial charge in [0, 0.05) is 30.9 Å². The number of hydrogen-bond acceptors (Lipinski definition) is 3. The molecule has 0 spiro atoms. The van der Waals surface area contributed by atoms with Crippen LogP contribution in [0.1, 0.15) is 24.5 Å². The molecule has 0 saturated carbocycles. The summed E-state index contributed by atoms with van der Waals surface area (Å²) in [7, 11) is 2.03. The fraction of sp³-hybridized carbons (Fsp3) is 0.333. The molecule has 0 atom stereocenters. The van der Waals surface area contributed by atoms with Gasteiger partial charge in [-0.05, 0) is 37.1 Å². The van der Waals surface area contributed by atoms with E-state index >= 15 is 0 Å². The van der Waals surface area contributed by atoms with Crippen molar-refractivity contribution in [3.8, 4) is 11.5 Å². The summed E-state index contributed by atoms with van der Waals surface area (Å²) < 4.78 is 5.53. The first kappa shape index (κ1) is 15.2. The monoisotopic (exact) mass is 285 g/mol. The standard InChI is InChI=1S/C18H23NO2/c1-4-11-21-16-10-9-15(18(20)12-16)13-19(3)17-8-6-5-7-14(17)2/h5-10,12,20H,4,11,13H2,1-3H3. The van der Waals surface area contributed by atoms with Crippen molar-refractivity contribution in [1.29, 1.82) is 0 Å². The predicted octanol–water partition coefficient (Wildman–Crippen LogP) is 4.13. The second-order valence-corrected chi connectivity index (χ2v) is 5.28. The SMILES string of the molecule is CCCOc1ccc(CN(C)c2ccccc2C)c(O)c1. The zero-order chi connectivity index (χ0) is 15.2. The highest BCUT2D eigenvalue weighted by molar-refractivity contribution is 5.53. The van der Waals surface area contributed by atoms with Crippen molar-refractivity contribution in [3.63, 3.8) is 0 Å². The normalized spacial score (nSPS) is 10.4. The van der Waals surface area contributed by atoms with E-state index in [0.717, 1.165) is 17.7 Å². The molecule has 0 aliphatic rings. The van der Waals surface area contributed by atoms with Gasteiger partial charge in [-0.1, -0.05) is 25.1 Å². The van der Waals surface area contributed by atoms with E-state index in [-0.39, 0.29) is 5.75 Å². The van der Waals surface area contributed by atoms with Crippen molar-refractivity contribution < 1.29 is 9.84 Å². The molecule has 112 valence electrons. The van der Waals surface area contributed by atoms with Crippen LogP contribution in [0.4, 0.5) is 5.69 Å². The third kappa shape index (κ3) is 3.91. The maximum Gasteiger partial charge on any atom is 0.124 e. The molecule has 21 heavy (non-hydrogen) atoms.